The first kappa shape index (κ1) is 16.6. The molecule has 5 heteroatoms. The number of hydrogen-bond donors (Lipinski definition) is 2. The third kappa shape index (κ3) is 4.19. The van der Waals surface area contributed by atoms with Crippen molar-refractivity contribution in [2.45, 2.75) is 25.4 Å². The van der Waals surface area contributed by atoms with E-state index in [0.29, 0.717) is 11.4 Å². The van der Waals surface area contributed by atoms with Crippen molar-refractivity contribution in [3.63, 3.8) is 0 Å². The van der Waals surface area contributed by atoms with E-state index in [1.807, 2.05) is 54.6 Å². The number of hydrogen-bond acceptors (Lipinski definition) is 4. The number of fused-ring (bicyclic) bond motifs is 1. The lowest BCUT2D eigenvalue weighted by Gasteiger charge is -2.23. The highest BCUT2D eigenvalue weighted by Gasteiger charge is 2.22. The molecule has 0 aliphatic rings. The average molecular weight is 340 g/mol. The molecule has 3 aromatic rings. The molecule has 2 N–H and O–H groups in total. The fraction of sp³-hybridized carbons (Fsp3) is 0.263. The Kier molecular flexibility index (Phi) is 4.92. The minimum Gasteiger partial charge on any atom is -0.388 e. The minimum atomic E-state index is -0.956. The van der Waals surface area contributed by atoms with Gasteiger partial charge in [0.05, 0.1) is 15.8 Å². The van der Waals surface area contributed by atoms with Crippen LogP contribution in [0.25, 0.3) is 10.2 Å². The molecule has 0 aliphatic carbocycles. The monoisotopic (exact) mass is 340 g/mol. The van der Waals surface area contributed by atoms with E-state index in [2.05, 4.69) is 10.3 Å². The van der Waals surface area contributed by atoms with Crippen molar-refractivity contribution >= 4 is 27.5 Å². The Balaban J connectivity index is 1.56. The number of rotatable bonds is 6. The van der Waals surface area contributed by atoms with Crippen molar-refractivity contribution in [1.82, 2.24) is 10.3 Å². The summed E-state index contributed by atoms with van der Waals surface area (Å²) in [6, 6.07) is 17.7. The SMILES string of the molecule is CC(O)(CCc1ccccc1)CNC(=O)c1nc2ccccc2s1. The number of thiazole rings is 1. The van der Waals surface area contributed by atoms with Gasteiger partial charge in [0.15, 0.2) is 5.01 Å². The lowest BCUT2D eigenvalue weighted by atomic mass is 9.97. The minimum absolute atomic E-state index is 0.203. The summed E-state index contributed by atoms with van der Waals surface area (Å²) in [4.78, 5) is 16.6. The van der Waals surface area contributed by atoms with Gasteiger partial charge < -0.3 is 10.4 Å². The number of aryl methyl sites for hydroxylation is 1. The quantitative estimate of drug-likeness (QED) is 0.723. The van der Waals surface area contributed by atoms with Crippen LogP contribution in [0.4, 0.5) is 0 Å². The van der Waals surface area contributed by atoms with E-state index in [0.717, 1.165) is 16.6 Å². The van der Waals surface area contributed by atoms with Gasteiger partial charge in [0.25, 0.3) is 5.91 Å². The second-order valence-corrected chi connectivity index (χ2v) is 7.18. The molecule has 124 valence electrons. The number of aromatic nitrogens is 1. The number of carbonyl (C=O) groups excluding carboxylic acids is 1. The molecule has 4 nitrogen and oxygen atoms in total. The van der Waals surface area contributed by atoms with Crippen LogP contribution in [0.5, 0.6) is 0 Å². The summed E-state index contributed by atoms with van der Waals surface area (Å²) in [6.07, 6.45) is 1.35. The van der Waals surface area contributed by atoms with E-state index < -0.39 is 5.60 Å². The number of nitrogens with zero attached hydrogens (tertiary/aromatic N) is 1. The van der Waals surface area contributed by atoms with E-state index >= 15 is 0 Å². The van der Waals surface area contributed by atoms with Gasteiger partial charge in [-0.25, -0.2) is 4.98 Å². The van der Waals surface area contributed by atoms with Gasteiger partial charge in [-0.1, -0.05) is 42.5 Å². The van der Waals surface area contributed by atoms with Crippen LogP contribution in [0, 0.1) is 0 Å². The molecule has 3 rings (SSSR count). The van der Waals surface area contributed by atoms with Gasteiger partial charge in [-0.05, 0) is 37.5 Å². The van der Waals surface area contributed by atoms with Crippen molar-refractivity contribution in [1.29, 1.82) is 0 Å². The van der Waals surface area contributed by atoms with Crippen LogP contribution in [0.2, 0.25) is 0 Å². The first-order valence-corrected chi connectivity index (χ1v) is 8.75. The lowest BCUT2D eigenvalue weighted by molar-refractivity contribution is 0.0478. The second kappa shape index (κ2) is 7.11. The van der Waals surface area contributed by atoms with Crippen molar-refractivity contribution in [2.24, 2.45) is 0 Å². The molecule has 2 aromatic carbocycles. The Labute approximate surface area is 145 Å². The Bertz CT molecular complexity index is 795. The summed E-state index contributed by atoms with van der Waals surface area (Å²) in [6.45, 7) is 1.95. The van der Waals surface area contributed by atoms with Gasteiger partial charge in [0.2, 0.25) is 0 Å². The van der Waals surface area contributed by atoms with Gasteiger partial charge in [-0.3, -0.25) is 4.79 Å². The van der Waals surface area contributed by atoms with Crippen LogP contribution in [-0.4, -0.2) is 28.1 Å². The highest BCUT2D eigenvalue weighted by Crippen LogP contribution is 2.21. The molecule has 0 aliphatic heterocycles. The Morgan fingerprint density at radius 2 is 1.88 bits per heavy atom. The molecule has 1 unspecified atom stereocenters. The van der Waals surface area contributed by atoms with Crippen LogP contribution in [-0.2, 0) is 6.42 Å². The molecular weight excluding hydrogens is 320 g/mol. The standard InChI is InChI=1S/C19H20N2O2S/c1-19(23,12-11-14-7-3-2-4-8-14)13-20-17(22)18-21-15-9-5-6-10-16(15)24-18/h2-10,23H,11-13H2,1H3,(H,20,22). The molecule has 0 saturated heterocycles. The van der Waals surface area contributed by atoms with E-state index in [9.17, 15) is 9.90 Å². The third-order valence-electron chi connectivity index (χ3n) is 3.91. The predicted octanol–water partition coefficient (Wildman–Crippen LogP) is 3.41. The largest absolute Gasteiger partial charge is 0.388 e. The maximum Gasteiger partial charge on any atom is 0.280 e. The van der Waals surface area contributed by atoms with Crippen LogP contribution in [0.1, 0.15) is 28.7 Å². The first-order valence-electron chi connectivity index (χ1n) is 7.94. The Hall–Kier alpha value is -2.24. The van der Waals surface area contributed by atoms with Crippen LogP contribution in [0.3, 0.4) is 0 Å². The van der Waals surface area contributed by atoms with Crippen LogP contribution in [0.15, 0.2) is 54.6 Å². The van der Waals surface area contributed by atoms with Crippen molar-refractivity contribution < 1.29 is 9.90 Å². The predicted molar refractivity (Wildman–Crippen MR) is 97.3 cm³/mol. The summed E-state index contributed by atoms with van der Waals surface area (Å²) in [5.41, 5.74) is 1.04. The highest BCUT2D eigenvalue weighted by atomic mass is 32.1. The van der Waals surface area contributed by atoms with Crippen LogP contribution >= 0.6 is 11.3 Å². The zero-order valence-electron chi connectivity index (χ0n) is 13.5. The average Bonchev–Trinajstić information content (AvgIpc) is 3.03. The summed E-state index contributed by atoms with van der Waals surface area (Å²) >= 11 is 1.36. The molecule has 1 atom stereocenters. The van der Waals surface area contributed by atoms with Crippen LogP contribution < -0.4 is 5.32 Å². The van der Waals surface area contributed by atoms with Crippen molar-refractivity contribution in [2.75, 3.05) is 6.54 Å². The summed E-state index contributed by atoms with van der Waals surface area (Å²) < 4.78 is 0.985. The van der Waals surface area contributed by atoms with E-state index in [1.54, 1.807) is 6.92 Å². The summed E-state index contributed by atoms with van der Waals surface area (Å²) in [5, 5.41) is 13.7. The molecule has 1 aromatic heterocycles. The fourth-order valence-electron chi connectivity index (χ4n) is 2.46. The number of benzene rings is 2. The molecule has 0 spiro atoms. The van der Waals surface area contributed by atoms with E-state index in [1.165, 1.54) is 16.9 Å². The van der Waals surface area contributed by atoms with Gasteiger partial charge in [-0.2, -0.15) is 0 Å². The first-order chi connectivity index (χ1) is 11.5. The molecule has 1 heterocycles. The maximum atomic E-state index is 12.3. The van der Waals surface area contributed by atoms with E-state index in [4.69, 9.17) is 0 Å². The maximum absolute atomic E-state index is 12.3. The number of carbonyl (C=O) groups is 1. The van der Waals surface area contributed by atoms with Gasteiger partial charge in [0, 0.05) is 6.54 Å². The lowest BCUT2D eigenvalue weighted by Crippen LogP contribution is -2.40. The zero-order chi connectivity index (χ0) is 17.0. The molecule has 0 fully saturated rings. The molecule has 0 bridgehead atoms. The molecule has 0 saturated carbocycles. The molecular formula is C19H20N2O2S. The highest BCUT2D eigenvalue weighted by molar-refractivity contribution is 7.20. The number of para-hydroxylation sites is 1. The Morgan fingerprint density at radius 3 is 2.62 bits per heavy atom. The Morgan fingerprint density at radius 1 is 1.17 bits per heavy atom. The van der Waals surface area contributed by atoms with E-state index in [-0.39, 0.29) is 12.5 Å². The molecule has 1 amide bonds. The smallest absolute Gasteiger partial charge is 0.280 e. The number of aliphatic hydroxyl groups is 1. The van der Waals surface area contributed by atoms with Gasteiger partial charge in [0.1, 0.15) is 0 Å². The number of amides is 1. The molecule has 0 radical (unpaired) electrons. The normalized spacial score (nSPS) is 13.6. The fourth-order valence-corrected chi connectivity index (χ4v) is 3.34. The van der Waals surface area contributed by atoms with Crippen molar-refractivity contribution in [3.05, 3.63) is 65.2 Å². The van der Waals surface area contributed by atoms with Gasteiger partial charge >= 0.3 is 0 Å². The molecule has 24 heavy (non-hydrogen) atoms. The summed E-state index contributed by atoms with van der Waals surface area (Å²) in [7, 11) is 0. The second-order valence-electron chi connectivity index (χ2n) is 6.15. The van der Waals surface area contributed by atoms with Gasteiger partial charge in [-0.15, -0.1) is 11.3 Å². The topological polar surface area (TPSA) is 62.2 Å². The third-order valence-corrected chi connectivity index (χ3v) is 4.95. The zero-order valence-corrected chi connectivity index (χ0v) is 14.3. The van der Waals surface area contributed by atoms with Crippen molar-refractivity contribution in [3.8, 4) is 0 Å². The number of nitrogens with one attached hydrogen (secondary N) is 1. The summed E-state index contributed by atoms with van der Waals surface area (Å²) in [5.74, 6) is -0.240.